The van der Waals surface area contributed by atoms with Crippen LogP contribution in [-0.4, -0.2) is 33.6 Å². The highest BCUT2D eigenvalue weighted by Gasteiger charge is 2.21. The van der Waals surface area contributed by atoms with Crippen LogP contribution in [0.15, 0.2) is 35.4 Å². The highest BCUT2D eigenvalue weighted by atomic mass is 32.2. The van der Waals surface area contributed by atoms with Crippen LogP contribution in [0.1, 0.15) is 29.1 Å². The van der Waals surface area contributed by atoms with Gasteiger partial charge in [0.1, 0.15) is 28.0 Å². The van der Waals surface area contributed by atoms with Crippen LogP contribution in [0.25, 0.3) is 10.2 Å². The Kier molecular flexibility index (Phi) is 5.78. The van der Waals surface area contributed by atoms with Gasteiger partial charge < -0.3 is 10.6 Å². The van der Waals surface area contributed by atoms with E-state index < -0.39 is 0 Å². The van der Waals surface area contributed by atoms with Gasteiger partial charge in [-0.15, -0.1) is 11.3 Å². The van der Waals surface area contributed by atoms with E-state index in [1.807, 2.05) is 43.3 Å². The topological polar surface area (TPSA) is 120 Å². The van der Waals surface area contributed by atoms with Crippen molar-refractivity contribution >= 4 is 45.0 Å². The van der Waals surface area contributed by atoms with E-state index in [1.54, 1.807) is 23.3 Å². The summed E-state index contributed by atoms with van der Waals surface area (Å²) in [6.45, 7) is 1.93. The van der Waals surface area contributed by atoms with E-state index in [1.165, 1.54) is 6.07 Å². The maximum atomic E-state index is 12.6. The van der Waals surface area contributed by atoms with Gasteiger partial charge in [-0.1, -0.05) is 23.9 Å². The van der Waals surface area contributed by atoms with Gasteiger partial charge in [0.2, 0.25) is 5.91 Å². The van der Waals surface area contributed by atoms with E-state index in [2.05, 4.69) is 9.97 Å². The fourth-order valence-corrected chi connectivity index (χ4v) is 4.42. The Hall–Kier alpha value is -3.14. The summed E-state index contributed by atoms with van der Waals surface area (Å²) >= 11 is 2.69. The van der Waals surface area contributed by atoms with E-state index in [0.717, 1.165) is 27.0 Å². The number of pyridine rings is 1. The second kappa shape index (κ2) is 8.26. The molecule has 1 aromatic carbocycles. The first-order chi connectivity index (χ1) is 13.4. The summed E-state index contributed by atoms with van der Waals surface area (Å²) in [6.07, 6.45) is 0. The number of thioether (sulfide) groups is 1. The molecule has 0 aliphatic rings. The Morgan fingerprint density at radius 3 is 2.68 bits per heavy atom. The molecule has 0 radical (unpaired) electrons. The number of carbonyl (C=O) groups excluding carboxylic acids is 1. The SMILES string of the molecule is C[C@@H](c1nc2ccccc2s1)N(C)C(=O)CSc1nc(N)c(C#N)cc1C#N. The zero-order valence-electron chi connectivity index (χ0n) is 15.2. The molecule has 0 spiro atoms. The fourth-order valence-electron chi connectivity index (χ4n) is 2.47. The zero-order chi connectivity index (χ0) is 20.3. The van der Waals surface area contributed by atoms with Gasteiger partial charge in [-0.05, 0) is 25.1 Å². The molecule has 0 fully saturated rings. The van der Waals surface area contributed by atoms with Gasteiger partial charge in [0, 0.05) is 7.05 Å². The molecule has 2 heterocycles. The van der Waals surface area contributed by atoms with Gasteiger partial charge >= 0.3 is 0 Å². The summed E-state index contributed by atoms with van der Waals surface area (Å²) in [4.78, 5) is 23.0. The number of nitrogens with zero attached hydrogens (tertiary/aromatic N) is 5. The maximum absolute atomic E-state index is 12.6. The van der Waals surface area contributed by atoms with Crippen molar-refractivity contribution in [2.75, 3.05) is 18.5 Å². The second-order valence-electron chi connectivity index (χ2n) is 5.99. The van der Waals surface area contributed by atoms with Crippen molar-refractivity contribution in [2.45, 2.75) is 18.0 Å². The van der Waals surface area contributed by atoms with Gasteiger partial charge in [-0.2, -0.15) is 10.5 Å². The summed E-state index contributed by atoms with van der Waals surface area (Å²) in [7, 11) is 1.73. The van der Waals surface area contributed by atoms with Gasteiger partial charge in [-0.3, -0.25) is 4.79 Å². The van der Waals surface area contributed by atoms with E-state index >= 15 is 0 Å². The molecular weight excluding hydrogens is 392 g/mol. The normalized spacial score (nSPS) is 11.6. The number of hydrogen-bond donors (Lipinski definition) is 1. The molecule has 3 rings (SSSR count). The van der Waals surface area contributed by atoms with Crippen molar-refractivity contribution in [1.29, 1.82) is 10.5 Å². The quantitative estimate of drug-likeness (QED) is 0.643. The monoisotopic (exact) mass is 408 g/mol. The highest BCUT2D eigenvalue weighted by Crippen LogP contribution is 2.30. The number of benzene rings is 1. The Balaban J connectivity index is 1.72. The van der Waals surface area contributed by atoms with E-state index in [-0.39, 0.29) is 34.6 Å². The van der Waals surface area contributed by atoms with Crippen molar-refractivity contribution in [3.05, 3.63) is 46.5 Å². The molecule has 2 N–H and O–H groups in total. The average Bonchev–Trinajstić information content (AvgIpc) is 3.15. The van der Waals surface area contributed by atoms with Crippen molar-refractivity contribution in [2.24, 2.45) is 0 Å². The molecule has 0 aliphatic carbocycles. The molecule has 0 saturated carbocycles. The number of nitrogen functional groups attached to an aromatic ring is 1. The minimum atomic E-state index is -0.181. The highest BCUT2D eigenvalue weighted by molar-refractivity contribution is 8.00. The third-order valence-corrected chi connectivity index (χ3v) is 6.42. The number of nitrogens with two attached hydrogens (primary N) is 1. The molecule has 1 amide bonds. The van der Waals surface area contributed by atoms with Crippen molar-refractivity contribution in [1.82, 2.24) is 14.9 Å². The molecule has 28 heavy (non-hydrogen) atoms. The fraction of sp³-hybridized carbons (Fsp3) is 0.211. The lowest BCUT2D eigenvalue weighted by atomic mass is 10.2. The first-order valence-electron chi connectivity index (χ1n) is 8.29. The molecule has 140 valence electrons. The summed E-state index contributed by atoms with van der Waals surface area (Å²) in [5.74, 6) is 0.0247. The Morgan fingerprint density at radius 2 is 2.00 bits per heavy atom. The van der Waals surface area contributed by atoms with Crippen LogP contribution >= 0.6 is 23.1 Å². The molecule has 0 aliphatic heterocycles. The van der Waals surface area contributed by atoms with Crippen molar-refractivity contribution in [3.8, 4) is 12.1 Å². The van der Waals surface area contributed by atoms with E-state index in [9.17, 15) is 10.1 Å². The molecule has 0 unspecified atom stereocenters. The molecule has 1 atom stereocenters. The van der Waals surface area contributed by atoms with Gasteiger partial charge in [0.15, 0.2) is 0 Å². The number of hydrogen-bond acceptors (Lipinski definition) is 8. The molecule has 0 saturated heterocycles. The third-order valence-electron chi connectivity index (χ3n) is 4.23. The number of fused-ring (bicyclic) bond motifs is 1. The molecular formula is C19H16N6OS2. The Morgan fingerprint density at radius 1 is 1.29 bits per heavy atom. The molecule has 2 aromatic heterocycles. The number of nitriles is 2. The Labute approximate surface area is 170 Å². The number of aromatic nitrogens is 2. The van der Waals surface area contributed by atoms with Crippen LogP contribution in [0, 0.1) is 22.7 Å². The van der Waals surface area contributed by atoms with Crippen LogP contribution < -0.4 is 5.73 Å². The lowest BCUT2D eigenvalue weighted by Crippen LogP contribution is -2.31. The van der Waals surface area contributed by atoms with Crippen LogP contribution in [0.2, 0.25) is 0 Å². The predicted molar refractivity (Wildman–Crippen MR) is 110 cm³/mol. The summed E-state index contributed by atoms with van der Waals surface area (Å²) in [5.41, 5.74) is 7.02. The number of para-hydroxylation sites is 1. The number of carbonyl (C=O) groups is 1. The first-order valence-corrected chi connectivity index (χ1v) is 10.1. The number of anilines is 1. The van der Waals surface area contributed by atoms with Gasteiger partial charge in [0.05, 0.1) is 33.1 Å². The smallest absolute Gasteiger partial charge is 0.233 e. The number of thiazole rings is 1. The lowest BCUT2D eigenvalue weighted by molar-refractivity contribution is -0.128. The third kappa shape index (κ3) is 3.91. The molecule has 7 nitrogen and oxygen atoms in total. The van der Waals surface area contributed by atoms with Crippen LogP contribution in [-0.2, 0) is 4.79 Å². The summed E-state index contributed by atoms with van der Waals surface area (Å²) in [5, 5.41) is 19.4. The standard InChI is InChI=1S/C19H16N6OS2/c1-11(18-23-14-5-3-4-6-15(14)28-18)25(2)16(26)10-27-19-13(9-21)7-12(8-20)17(22)24-19/h3-7,11H,10H2,1-2H3,(H2,22,24)/t11-/m0/s1. The molecule has 9 heteroatoms. The summed E-state index contributed by atoms with van der Waals surface area (Å²) in [6, 6.07) is 12.9. The van der Waals surface area contributed by atoms with E-state index in [4.69, 9.17) is 11.0 Å². The average molecular weight is 409 g/mol. The van der Waals surface area contributed by atoms with Gasteiger partial charge in [-0.25, -0.2) is 9.97 Å². The number of rotatable bonds is 5. The Bertz CT molecular complexity index is 1090. The number of amides is 1. The van der Waals surface area contributed by atoms with Crippen LogP contribution in [0.3, 0.4) is 0 Å². The van der Waals surface area contributed by atoms with Crippen LogP contribution in [0.4, 0.5) is 5.82 Å². The summed E-state index contributed by atoms with van der Waals surface area (Å²) < 4.78 is 1.08. The van der Waals surface area contributed by atoms with Crippen molar-refractivity contribution < 1.29 is 4.79 Å². The maximum Gasteiger partial charge on any atom is 0.233 e. The van der Waals surface area contributed by atoms with Gasteiger partial charge in [0.25, 0.3) is 0 Å². The predicted octanol–water partition coefficient (Wildman–Crippen LogP) is 3.33. The lowest BCUT2D eigenvalue weighted by Gasteiger charge is -2.23. The minimum absolute atomic E-state index is 0.0487. The minimum Gasteiger partial charge on any atom is -0.383 e. The van der Waals surface area contributed by atoms with Crippen LogP contribution in [0.5, 0.6) is 0 Å². The largest absolute Gasteiger partial charge is 0.383 e. The first kappa shape index (κ1) is 19.6. The molecule has 3 aromatic rings. The van der Waals surface area contributed by atoms with Crippen molar-refractivity contribution in [3.63, 3.8) is 0 Å². The van der Waals surface area contributed by atoms with E-state index in [0.29, 0.717) is 5.03 Å². The second-order valence-corrected chi connectivity index (χ2v) is 8.01. The molecule has 0 bridgehead atoms. The zero-order valence-corrected chi connectivity index (χ0v) is 16.8.